The Hall–Kier alpha value is -2.55. The first-order valence-electron chi connectivity index (χ1n) is 18.8. The fraction of sp³-hybridized carbons (Fsp3) is 0.634. The van der Waals surface area contributed by atoms with Gasteiger partial charge in [-0.05, 0) is 24.0 Å². The Balaban J connectivity index is 1.55. The third-order valence-electron chi connectivity index (χ3n) is 9.08. The van der Waals surface area contributed by atoms with Crippen LogP contribution in [0.5, 0.6) is 0 Å². The van der Waals surface area contributed by atoms with E-state index in [4.69, 9.17) is 18.9 Å². The summed E-state index contributed by atoms with van der Waals surface area (Å²) >= 11 is 0. The van der Waals surface area contributed by atoms with E-state index in [2.05, 4.69) is 18.8 Å². The average molecular weight is 666 g/mol. The number of aliphatic hydroxyl groups excluding tert-OH is 1. The Morgan fingerprint density at radius 3 is 1.75 bits per heavy atom. The topological polar surface area (TPSA) is 86.3 Å². The summed E-state index contributed by atoms with van der Waals surface area (Å²) in [5, 5.41) is 13.6. The van der Waals surface area contributed by atoms with Gasteiger partial charge < -0.3 is 29.4 Å². The number of carbonyl (C=O) groups is 1. The Labute approximate surface area is 290 Å². The van der Waals surface area contributed by atoms with Crippen LogP contribution in [-0.2, 0) is 37.0 Å². The third-order valence-corrected chi connectivity index (χ3v) is 9.08. The van der Waals surface area contributed by atoms with Crippen molar-refractivity contribution in [3.63, 3.8) is 0 Å². The van der Waals surface area contributed by atoms with Crippen molar-refractivity contribution in [2.45, 2.75) is 154 Å². The largest absolute Gasteiger partial charge is 0.394 e. The van der Waals surface area contributed by atoms with E-state index in [1.807, 2.05) is 60.7 Å². The second kappa shape index (κ2) is 25.4. The molecule has 0 radical (unpaired) electrons. The maximum Gasteiger partial charge on any atom is 0.220 e. The molecule has 7 nitrogen and oxygen atoms in total. The molecule has 1 amide bonds. The highest BCUT2D eigenvalue weighted by Crippen LogP contribution is 2.29. The molecule has 1 fully saturated rings. The summed E-state index contributed by atoms with van der Waals surface area (Å²) in [4.78, 5) is 13.1. The first-order chi connectivity index (χ1) is 23.7. The second-order valence-corrected chi connectivity index (χ2v) is 13.1. The van der Waals surface area contributed by atoms with Crippen molar-refractivity contribution in [1.29, 1.82) is 0 Å². The maximum absolute atomic E-state index is 13.1. The Bertz CT molecular complexity index is 1080. The zero-order chi connectivity index (χ0) is 34.1. The monoisotopic (exact) mass is 665 g/mol. The fourth-order valence-corrected chi connectivity index (χ4v) is 6.27. The summed E-state index contributed by atoms with van der Waals surface area (Å²) in [7, 11) is 0. The molecule has 268 valence electrons. The minimum atomic E-state index is -0.783. The van der Waals surface area contributed by atoms with Crippen molar-refractivity contribution in [3.05, 3.63) is 84.4 Å². The van der Waals surface area contributed by atoms with Gasteiger partial charge in [-0.25, -0.2) is 0 Å². The van der Waals surface area contributed by atoms with Crippen molar-refractivity contribution in [2.24, 2.45) is 0 Å². The molecule has 0 saturated carbocycles. The van der Waals surface area contributed by atoms with Gasteiger partial charge in [0.1, 0.15) is 24.4 Å². The molecule has 2 aromatic carbocycles. The maximum atomic E-state index is 13.1. The molecule has 5 atom stereocenters. The molecule has 2 aromatic rings. The number of hydrogen-bond donors (Lipinski definition) is 2. The normalized spacial score (nSPS) is 20.8. The van der Waals surface area contributed by atoms with Crippen LogP contribution in [0.4, 0.5) is 0 Å². The van der Waals surface area contributed by atoms with Crippen molar-refractivity contribution in [2.75, 3.05) is 13.2 Å². The molecule has 0 spiro atoms. The second-order valence-electron chi connectivity index (χ2n) is 13.1. The van der Waals surface area contributed by atoms with Crippen molar-refractivity contribution in [3.8, 4) is 0 Å². The molecule has 0 bridgehead atoms. The van der Waals surface area contributed by atoms with Crippen molar-refractivity contribution >= 4 is 5.91 Å². The minimum absolute atomic E-state index is 0.133. The van der Waals surface area contributed by atoms with E-state index >= 15 is 0 Å². The van der Waals surface area contributed by atoms with Gasteiger partial charge in [0.25, 0.3) is 0 Å². The number of ether oxygens (including phenoxy) is 4. The molecule has 1 saturated heterocycles. The summed E-state index contributed by atoms with van der Waals surface area (Å²) < 4.78 is 25.6. The van der Waals surface area contributed by atoms with Crippen LogP contribution < -0.4 is 5.32 Å². The highest BCUT2D eigenvalue weighted by atomic mass is 16.7. The molecule has 1 aliphatic heterocycles. The van der Waals surface area contributed by atoms with Crippen molar-refractivity contribution < 1.29 is 28.8 Å². The highest BCUT2D eigenvalue weighted by molar-refractivity contribution is 5.76. The molecule has 48 heavy (non-hydrogen) atoms. The van der Waals surface area contributed by atoms with Gasteiger partial charge in [-0.15, -0.1) is 6.58 Å². The van der Waals surface area contributed by atoms with Crippen LogP contribution in [-0.4, -0.2) is 54.9 Å². The molecule has 7 heteroatoms. The quantitative estimate of drug-likeness (QED) is 0.0733. The van der Waals surface area contributed by atoms with Gasteiger partial charge in [0.05, 0.1) is 19.8 Å². The van der Waals surface area contributed by atoms with Gasteiger partial charge in [0.2, 0.25) is 5.91 Å². The lowest BCUT2D eigenvalue weighted by molar-refractivity contribution is -0.288. The Morgan fingerprint density at radius 1 is 0.750 bits per heavy atom. The van der Waals surface area contributed by atoms with Crippen LogP contribution in [0.1, 0.15) is 121 Å². The van der Waals surface area contributed by atoms with Gasteiger partial charge in [-0.3, -0.25) is 4.79 Å². The molecule has 0 aromatic heterocycles. The van der Waals surface area contributed by atoms with Gasteiger partial charge >= 0.3 is 0 Å². The van der Waals surface area contributed by atoms with Gasteiger partial charge in [0.15, 0.2) is 6.29 Å². The van der Waals surface area contributed by atoms with E-state index in [1.54, 1.807) is 6.08 Å². The lowest BCUT2D eigenvalue weighted by atomic mass is 9.95. The first kappa shape index (κ1) is 39.9. The molecule has 2 N–H and O–H groups in total. The minimum Gasteiger partial charge on any atom is -0.394 e. The van der Waals surface area contributed by atoms with Gasteiger partial charge in [0, 0.05) is 13.0 Å². The van der Waals surface area contributed by atoms with Gasteiger partial charge in [-0.1, -0.05) is 157 Å². The summed E-state index contributed by atoms with van der Waals surface area (Å²) in [5.41, 5.74) is 2.00. The lowest BCUT2D eigenvalue weighted by Crippen LogP contribution is -2.66. The Kier molecular flexibility index (Phi) is 21.1. The number of hydrogen-bond acceptors (Lipinski definition) is 6. The molecule has 1 heterocycles. The zero-order valence-electron chi connectivity index (χ0n) is 29.6. The summed E-state index contributed by atoms with van der Waals surface area (Å²) in [6.07, 6.45) is 17.9. The number of allylic oxidation sites excluding steroid dienone is 1. The number of rotatable bonds is 27. The number of amides is 1. The number of aliphatic hydroxyl groups is 1. The van der Waals surface area contributed by atoms with Crippen molar-refractivity contribution in [1.82, 2.24) is 5.32 Å². The zero-order valence-corrected chi connectivity index (χ0v) is 29.6. The van der Waals surface area contributed by atoms with E-state index in [0.717, 1.165) is 24.0 Å². The molecular weight excluding hydrogens is 602 g/mol. The van der Waals surface area contributed by atoms with Gasteiger partial charge in [-0.2, -0.15) is 0 Å². The SMILES string of the molecule is C=CCCC(=O)N[C@H]1[C@@H](OCCCCCCCCCCCCCCCC)O[C@H](CO)[C@@H](OCc2ccccc2)[C@@H]1OCc1ccccc1. The summed E-state index contributed by atoms with van der Waals surface area (Å²) in [6, 6.07) is 19.2. The standard InChI is InChI=1S/C41H63NO6/c1-3-5-7-8-9-10-11-12-13-14-15-16-17-24-30-45-41-38(42-37(44)29-6-4-2)40(47-33-35-27-22-19-23-28-35)39(36(31-43)48-41)46-32-34-25-20-18-21-26-34/h4,18-23,25-28,36,38-41,43H,2-3,5-17,24,29-33H2,1H3,(H,42,44)/t36-,38-,39-,40-,41+/m1/s1. The van der Waals surface area contributed by atoms with Crippen LogP contribution in [0, 0.1) is 0 Å². The molecule has 3 rings (SSSR count). The molecular formula is C41H63NO6. The number of carbonyl (C=O) groups excluding carboxylic acids is 1. The van der Waals surface area contributed by atoms with E-state index in [9.17, 15) is 9.90 Å². The molecule has 1 aliphatic rings. The predicted molar refractivity (Wildman–Crippen MR) is 193 cm³/mol. The van der Waals surface area contributed by atoms with E-state index in [-0.39, 0.29) is 12.5 Å². The van der Waals surface area contributed by atoms with E-state index < -0.39 is 30.6 Å². The van der Waals surface area contributed by atoms with E-state index in [0.29, 0.717) is 32.7 Å². The summed E-state index contributed by atoms with van der Waals surface area (Å²) in [6.45, 7) is 6.91. The first-order valence-corrected chi connectivity index (χ1v) is 18.8. The van der Waals surface area contributed by atoms with Crippen LogP contribution >= 0.6 is 0 Å². The van der Waals surface area contributed by atoms with E-state index in [1.165, 1.54) is 77.0 Å². The van der Waals surface area contributed by atoms with Crippen LogP contribution in [0.15, 0.2) is 73.3 Å². The van der Waals surface area contributed by atoms with Crippen LogP contribution in [0.3, 0.4) is 0 Å². The smallest absolute Gasteiger partial charge is 0.220 e. The highest BCUT2D eigenvalue weighted by Gasteiger charge is 2.48. The predicted octanol–water partition coefficient (Wildman–Crippen LogP) is 8.82. The number of benzene rings is 2. The molecule has 0 unspecified atom stereocenters. The molecule has 0 aliphatic carbocycles. The summed E-state index contributed by atoms with van der Waals surface area (Å²) in [5.74, 6) is -0.133. The number of nitrogens with one attached hydrogen (secondary N) is 1. The number of unbranched alkanes of at least 4 members (excludes halogenated alkanes) is 13. The van der Waals surface area contributed by atoms with Crippen LogP contribution in [0.25, 0.3) is 0 Å². The lowest BCUT2D eigenvalue weighted by Gasteiger charge is -2.46. The third kappa shape index (κ3) is 15.8. The van der Waals surface area contributed by atoms with Crippen LogP contribution in [0.2, 0.25) is 0 Å². The average Bonchev–Trinajstić information content (AvgIpc) is 3.12. The Morgan fingerprint density at radius 2 is 1.25 bits per heavy atom. The fourth-order valence-electron chi connectivity index (χ4n) is 6.27.